The average Bonchev–Trinajstić information content (AvgIpc) is 1.94. The van der Waals surface area contributed by atoms with Gasteiger partial charge in [-0.25, -0.2) is 0 Å². The van der Waals surface area contributed by atoms with Crippen molar-refractivity contribution in [1.29, 1.82) is 0 Å². The molecule has 2 atom stereocenters. The van der Waals surface area contributed by atoms with Crippen molar-refractivity contribution in [1.82, 2.24) is 0 Å². The number of hydrogen-bond donors (Lipinski definition) is 2. The molecule has 0 saturated carbocycles. The molecule has 12 heavy (non-hydrogen) atoms. The molecule has 1 aliphatic rings. The van der Waals surface area contributed by atoms with Crippen molar-refractivity contribution in [3.05, 3.63) is 36.0 Å². The van der Waals surface area contributed by atoms with E-state index < -0.39 is 11.7 Å². The second kappa shape index (κ2) is 3.25. The maximum absolute atomic E-state index is 9.85. The van der Waals surface area contributed by atoms with Crippen molar-refractivity contribution >= 4 is 0 Å². The van der Waals surface area contributed by atoms with Crippen LogP contribution < -0.4 is 0 Å². The summed E-state index contributed by atoms with van der Waals surface area (Å²) in [6.07, 6.45) is 7.42. The first kappa shape index (κ1) is 9.23. The zero-order valence-electron chi connectivity index (χ0n) is 7.36. The van der Waals surface area contributed by atoms with Gasteiger partial charge in [-0.15, -0.1) is 0 Å². The fraction of sp³-hybridized carbons (Fsp3) is 0.400. The van der Waals surface area contributed by atoms with Crippen LogP contribution in [0.3, 0.4) is 0 Å². The fourth-order valence-corrected chi connectivity index (χ4v) is 1.23. The summed E-state index contributed by atoms with van der Waals surface area (Å²) in [6.45, 7) is 3.77. The number of aliphatic hydroxyl groups is 2. The molecule has 66 valence electrons. The van der Waals surface area contributed by atoms with Crippen molar-refractivity contribution < 1.29 is 10.2 Å². The van der Waals surface area contributed by atoms with E-state index in [0.29, 0.717) is 0 Å². The second-order valence-corrected chi connectivity index (χ2v) is 3.30. The molecule has 0 saturated heterocycles. The van der Waals surface area contributed by atoms with Crippen LogP contribution in [0.5, 0.6) is 0 Å². The second-order valence-electron chi connectivity index (χ2n) is 3.30. The minimum atomic E-state index is -1.21. The largest absolute Gasteiger partial charge is 0.385 e. The Morgan fingerprint density at radius 1 is 1.42 bits per heavy atom. The summed E-state index contributed by atoms with van der Waals surface area (Å²) in [5, 5.41) is 19.3. The Labute approximate surface area is 72.5 Å². The lowest BCUT2D eigenvalue weighted by molar-refractivity contribution is 0.0209. The molecule has 1 rings (SSSR count). The quantitative estimate of drug-likeness (QED) is 0.574. The van der Waals surface area contributed by atoms with Gasteiger partial charge in [-0.3, -0.25) is 0 Å². The highest BCUT2D eigenvalue weighted by molar-refractivity contribution is 5.29. The Morgan fingerprint density at radius 3 is 2.58 bits per heavy atom. The Balaban J connectivity index is 2.91. The van der Waals surface area contributed by atoms with E-state index in [1.54, 1.807) is 30.4 Å². The van der Waals surface area contributed by atoms with E-state index in [1.165, 1.54) is 0 Å². The SMILES string of the molecule is CC(C)=CC1(O)C=CC=CC1O. The molecule has 2 N–H and O–H groups in total. The van der Waals surface area contributed by atoms with Crippen molar-refractivity contribution in [3.8, 4) is 0 Å². The number of rotatable bonds is 1. The van der Waals surface area contributed by atoms with Crippen molar-refractivity contribution in [3.63, 3.8) is 0 Å². The molecular formula is C10H14O2. The summed E-state index contributed by atoms with van der Waals surface area (Å²) < 4.78 is 0. The lowest BCUT2D eigenvalue weighted by atomic mass is 9.90. The van der Waals surface area contributed by atoms with Gasteiger partial charge in [0.25, 0.3) is 0 Å². The van der Waals surface area contributed by atoms with Crippen LogP contribution in [0.2, 0.25) is 0 Å². The van der Waals surface area contributed by atoms with E-state index in [1.807, 2.05) is 13.8 Å². The van der Waals surface area contributed by atoms with Crippen LogP contribution >= 0.6 is 0 Å². The molecule has 0 heterocycles. The van der Waals surface area contributed by atoms with Crippen LogP contribution in [0.15, 0.2) is 36.0 Å². The third-order valence-electron chi connectivity index (χ3n) is 1.76. The Kier molecular flexibility index (Phi) is 2.50. The molecule has 2 nitrogen and oxygen atoms in total. The molecule has 0 aromatic heterocycles. The van der Waals surface area contributed by atoms with E-state index in [4.69, 9.17) is 0 Å². The van der Waals surface area contributed by atoms with Crippen LogP contribution in [0.25, 0.3) is 0 Å². The van der Waals surface area contributed by atoms with E-state index >= 15 is 0 Å². The summed E-state index contributed by atoms with van der Waals surface area (Å²) in [5.74, 6) is 0. The third kappa shape index (κ3) is 1.84. The topological polar surface area (TPSA) is 40.5 Å². The van der Waals surface area contributed by atoms with E-state index in [0.717, 1.165) is 5.57 Å². The van der Waals surface area contributed by atoms with Crippen LogP contribution in [0.4, 0.5) is 0 Å². The lowest BCUT2D eigenvalue weighted by Crippen LogP contribution is -2.38. The molecule has 0 spiro atoms. The monoisotopic (exact) mass is 166 g/mol. The van der Waals surface area contributed by atoms with Crippen LogP contribution in [-0.4, -0.2) is 21.9 Å². The van der Waals surface area contributed by atoms with Gasteiger partial charge in [0.1, 0.15) is 11.7 Å². The summed E-state index contributed by atoms with van der Waals surface area (Å²) in [7, 11) is 0. The number of aliphatic hydroxyl groups excluding tert-OH is 1. The van der Waals surface area contributed by atoms with Crippen molar-refractivity contribution in [2.75, 3.05) is 0 Å². The van der Waals surface area contributed by atoms with Gasteiger partial charge in [0.2, 0.25) is 0 Å². The molecule has 0 radical (unpaired) electrons. The highest BCUT2D eigenvalue weighted by Gasteiger charge is 2.29. The minimum absolute atomic E-state index is 0.836. The first-order valence-corrected chi connectivity index (χ1v) is 3.97. The van der Waals surface area contributed by atoms with Gasteiger partial charge >= 0.3 is 0 Å². The highest BCUT2D eigenvalue weighted by atomic mass is 16.3. The smallest absolute Gasteiger partial charge is 0.131 e. The zero-order chi connectivity index (χ0) is 9.19. The Morgan fingerprint density at radius 2 is 2.08 bits per heavy atom. The summed E-state index contributed by atoms with van der Waals surface area (Å²) in [4.78, 5) is 0. The number of allylic oxidation sites excluding steroid dienone is 3. The maximum atomic E-state index is 9.85. The first-order chi connectivity index (χ1) is 5.54. The molecule has 1 aliphatic carbocycles. The van der Waals surface area contributed by atoms with Crippen molar-refractivity contribution in [2.24, 2.45) is 0 Å². The zero-order valence-corrected chi connectivity index (χ0v) is 7.36. The Bertz CT molecular complexity index is 247. The van der Waals surface area contributed by atoms with Gasteiger partial charge in [-0.05, 0) is 26.0 Å². The lowest BCUT2D eigenvalue weighted by Gasteiger charge is -2.27. The highest BCUT2D eigenvalue weighted by Crippen LogP contribution is 2.21. The van der Waals surface area contributed by atoms with Gasteiger partial charge in [0.15, 0.2) is 0 Å². The molecule has 0 amide bonds. The predicted octanol–water partition coefficient (Wildman–Crippen LogP) is 1.17. The van der Waals surface area contributed by atoms with Gasteiger partial charge in [0, 0.05) is 0 Å². The Hall–Kier alpha value is -0.860. The molecular weight excluding hydrogens is 152 g/mol. The molecule has 0 aliphatic heterocycles. The van der Waals surface area contributed by atoms with Gasteiger partial charge < -0.3 is 10.2 Å². The molecule has 0 fully saturated rings. The number of hydrogen-bond acceptors (Lipinski definition) is 2. The fourth-order valence-electron chi connectivity index (χ4n) is 1.23. The van der Waals surface area contributed by atoms with Gasteiger partial charge in [0.05, 0.1) is 0 Å². The molecule has 0 bridgehead atoms. The third-order valence-corrected chi connectivity index (χ3v) is 1.76. The van der Waals surface area contributed by atoms with E-state index in [-0.39, 0.29) is 0 Å². The van der Waals surface area contributed by atoms with E-state index in [2.05, 4.69) is 0 Å². The van der Waals surface area contributed by atoms with Gasteiger partial charge in [-0.1, -0.05) is 23.8 Å². The standard InChI is InChI=1S/C10H14O2/c1-8(2)7-10(12)6-4-3-5-9(10)11/h3-7,9,11-12H,1-2H3. The summed E-state index contributed by atoms with van der Waals surface area (Å²) in [6, 6.07) is 0. The molecule has 2 heteroatoms. The summed E-state index contributed by atoms with van der Waals surface area (Å²) in [5.41, 5.74) is -0.232. The molecule has 0 aromatic rings. The van der Waals surface area contributed by atoms with E-state index in [9.17, 15) is 10.2 Å². The summed E-state index contributed by atoms with van der Waals surface area (Å²) >= 11 is 0. The van der Waals surface area contributed by atoms with Crippen molar-refractivity contribution in [2.45, 2.75) is 25.6 Å². The van der Waals surface area contributed by atoms with Crippen LogP contribution in [-0.2, 0) is 0 Å². The predicted molar refractivity (Wildman–Crippen MR) is 48.7 cm³/mol. The minimum Gasteiger partial charge on any atom is -0.385 e. The first-order valence-electron chi connectivity index (χ1n) is 3.97. The normalized spacial score (nSPS) is 33.5. The van der Waals surface area contributed by atoms with Crippen LogP contribution in [0.1, 0.15) is 13.8 Å². The van der Waals surface area contributed by atoms with Crippen LogP contribution in [0, 0.1) is 0 Å². The van der Waals surface area contributed by atoms with Gasteiger partial charge in [-0.2, -0.15) is 0 Å². The molecule has 2 unspecified atom stereocenters. The average molecular weight is 166 g/mol. The maximum Gasteiger partial charge on any atom is 0.131 e. The molecule has 0 aromatic carbocycles.